The standard InChI is InChI=1S/C14H10Cl3NO/c15-8-9-1-4-11(5-2-9)18-14(19)10-3-6-12(16)13(17)7-10/h1-7H,8H2,(H,18,19). The van der Waals surface area contributed by atoms with Gasteiger partial charge in [0.25, 0.3) is 5.91 Å². The van der Waals surface area contributed by atoms with Gasteiger partial charge in [-0.3, -0.25) is 4.79 Å². The van der Waals surface area contributed by atoms with Crippen molar-refractivity contribution in [2.75, 3.05) is 5.32 Å². The molecule has 2 rings (SSSR count). The van der Waals surface area contributed by atoms with E-state index in [1.807, 2.05) is 12.1 Å². The zero-order valence-electron chi connectivity index (χ0n) is 9.79. The highest BCUT2D eigenvalue weighted by Gasteiger charge is 2.08. The van der Waals surface area contributed by atoms with Crippen LogP contribution in [0.3, 0.4) is 0 Å². The highest BCUT2D eigenvalue weighted by Crippen LogP contribution is 2.23. The summed E-state index contributed by atoms with van der Waals surface area (Å²) in [7, 11) is 0. The van der Waals surface area contributed by atoms with Crippen molar-refractivity contribution in [1.82, 2.24) is 0 Å². The molecule has 0 heterocycles. The average Bonchev–Trinajstić information content (AvgIpc) is 2.42. The highest BCUT2D eigenvalue weighted by atomic mass is 35.5. The molecule has 0 fully saturated rings. The van der Waals surface area contributed by atoms with Crippen molar-refractivity contribution < 1.29 is 4.79 Å². The average molecular weight is 315 g/mol. The Kier molecular flexibility index (Phi) is 4.70. The number of hydrogen-bond acceptors (Lipinski definition) is 1. The number of amides is 1. The van der Waals surface area contributed by atoms with E-state index < -0.39 is 0 Å². The maximum absolute atomic E-state index is 12.0. The van der Waals surface area contributed by atoms with Crippen molar-refractivity contribution in [3.63, 3.8) is 0 Å². The summed E-state index contributed by atoms with van der Waals surface area (Å²) in [4.78, 5) is 12.0. The molecule has 0 aliphatic heterocycles. The fraction of sp³-hybridized carbons (Fsp3) is 0.0714. The molecule has 0 aliphatic carbocycles. The maximum atomic E-state index is 12.0. The normalized spacial score (nSPS) is 10.3. The summed E-state index contributed by atoms with van der Waals surface area (Å²) < 4.78 is 0. The van der Waals surface area contributed by atoms with Crippen molar-refractivity contribution in [3.8, 4) is 0 Å². The molecular weight excluding hydrogens is 305 g/mol. The first-order chi connectivity index (χ1) is 9.10. The van der Waals surface area contributed by atoms with Crippen LogP contribution in [0.5, 0.6) is 0 Å². The van der Waals surface area contributed by atoms with Crippen LogP contribution in [0.4, 0.5) is 5.69 Å². The first kappa shape index (κ1) is 14.2. The third-order valence-corrected chi connectivity index (χ3v) is 3.60. The molecule has 0 unspecified atom stereocenters. The predicted octanol–water partition coefficient (Wildman–Crippen LogP) is 4.98. The molecule has 0 aliphatic rings. The number of hydrogen-bond donors (Lipinski definition) is 1. The zero-order chi connectivity index (χ0) is 13.8. The van der Waals surface area contributed by atoms with Gasteiger partial charge < -0.3 is 5.32 Å². The summed E-state index contributed by atoms with van der Waals surface area (Å²) in [6, 6.07) is 12.1. The molecule has 0 atom stereocenters. The molecule has 0 bridgehead atoms. The van der Waals surface area contributed by atoms with Gasteiger partial charge in [0.2, 0.25) is 0 Å². The molecule has 0 saturated heterocycles. The molecule has 0 aromatic heterocycles. The summed E-state index contributed by atoms with van der Waals surface area (Å²) in [6.07, 6.45) is 0. The van der Waals surface area contributed by atoms with Crippen LogP contribution in [0, 0.1) is 0 Å². The number of carbonyl (C=O) groups excluding carboxylic acids is 1. The molecule has 0 spiro atoms. The Bertz CT molecular complexity index is 596. The summed E-state index contributed by atoms with van der Waals surface area (Å²) in [5, 5.41) is 3.55. The Morgan fingerprint density at radius 2 is 1.68 bits per heavy atom. The van der Waals surface area contributed by atoms with Crippen molar-refractivity contribution in [2.45, 2.75) is 5.88 Å². The van der Waals surface area contributed by atoms with Crippen molar-refractivity contribution in [1.29, 1.82) is 0 Å². The molecule has 2 aromatic rings. The van der Waals surface area contributed by atoms with Crippen molar-refractivity contribution >= 4 is 46.4 Å². The lowest BCUT2D eigenvalue weighted by atomic mass is 10.2. The summed E-state index contributed by atoms with van der Waals surface area (Å²) in [6.45, 7) is 0. The Morgan fingerprint density at radius 3 is 2.26 bits per heavy atom. The number of alkyl halides is 1. The van der Waals surface area contributed by atoms with Gasteiger partial charge in [-0.15, -0.1) is 11.6 Å². The Labute approximate surface area is 126 Å². The molecule has 2 aromatic carbocycles. The number of halogens is 3. The van der Waals surface area contributed by atoms with Gasteiger partial charge in [0.15, 0.2) is 0 Å². The third-order valence-electron chi connectivity index (χ3n) is 2.55. The fourth-order valence-corrected chi connectivity index (χ4v) is 1.99. The zero-order valence-corrected chi connectivity index (χ0v) is 12.1. The lowest BCUT2D eigenvalue weighted by Gasteiger charge is -2.06. The lowest BCUT2D eigenvalue weighted by molar-refractivity contribution is 0.102. The fourth-order valence-electron chi connectivity index (χ4n) is 1.52. The number of benzene rings is 2. The van der Waals surface area contributed by atoms with Crippen LogP contribution in [0.1, 0.15) is 15.9 Å². The minimum Gasteiger partial charge on any atom is -0.322 e. The molecule has 1 amide bonds. The van der Waals surface area contributed by atoms with Crippen molar-refractivity contribution in [2.24, 2.45) is 0 Å². The minimum atomic E-state index is -0.239. The van der Waals surface area contributed by atoms with E-state index in [0.29, 0.717) is 27.2 Å². The Balaban J connectivity index is 2.13. The largest absolute Gasteiger partial charge is 0.322 e. The molecule has 0 saturated carbocycles. The smallest absolute Gasteiger partial charge is 0.255 e. The summed E-state index contributed by atoms with van der Waals surface area (Å²) in [5.41, 5.74) is 2.15. The molecule has 98 valence electrons. The monoisotopic (exact) mass is 313 g/mol. The molecule has 5 heteroatoms. The van der Waals surface area contributed by atoms with Crippen LogP contribution in [0.25, 0.3) is 0 Å². The second-order valence-corrected chi connectivity index (χ2v) is 5.00. The van der Waals surface area contributed by atoms with Crippen LogP contribution in [-0.2, 0) is 5.88 Å². The number of nitrogens with one attached hydrogen (secondary N) is 1. The molecular formula is C14H10Cl3NO. The summed E-state index contributed by atoms with van der Waals surface area (Å²) >= 11 is 17.4. The van der Waals surface area contributed by atoms with Crippen LogP contribution < -0.4 is 5.32 Å². The highest BCUT2D eigenvalue weighted by molar-refractivity contribution is 6.42. The van der Waals surface area contributed by atoms with E-state index in [9.17, 15) is 4.79 Å². The van der Waals surface area contributed by atoms with Crippen LogP contribution >= 0.6 is 34.8 Å². The van der Waals surface area contributed by atoms with Crippen LogP contribution in [-0.4, -0.2) is 5.91 Å². The second kappa shape index (κ2) is 6.29. The quantitative estimate of drug-likeness (QED) is 0.795. The van der Waals surface area contributed by atoms with Gasteiger partial charge in [-0.1, -0.05) is 35.3 Å². The van der Waals surface area contributed by atoms with Gasteiger partial charge in [0.05, 0.1) is 10.0 Å². The van der Waals surface area contributed by atoms with Gasteiger partial charge in [-0.2, -0.15) is 0 Å². The number of rotatable bonds is 3. The number of anilines is 1. The first-order valence-corrected chi connectivity index (χ1v) is 6.80. The van der Waals surface area contributed by atoms with Gasteiger partial charge in [0, 0.05) is 17.1 Å². The van der Waals surface area contributed by atoms with E-state index in [2.05, 4.69) is 5.32 Å². The molecule has 1 N–H and O–H groups in total. The first-order valence-electron chi connectivity index (χ1n) is 5.51. The third kappa shape index (κ3) is 3.63. The van der Waals surface area contributed by atoms with Gasteiger partial charge in [-0.05, 0) is 35.9 Å². The summed E-state index contributed by atoms with van der Waals surface area (Å²) in [5.74, 6) is 0.207. The van der Waals surface area contributed by atoms with E-state index in [4.69, 9.17) is 34.8 Å². The maximum Gasteiger partial charge on any atom is 0.255 e. The number of carbonyl (C=O) groups is 1. The SMILES string of the molecule is O=C(Nc1ccc(CCl)cc1)c1ccc(Cl)c(Cl)c1. The van der Waals surface area contributed by atoms with E-state index in [1.165, 1.54) is 6.07 Å². The van der Waals surface area contributed by atoms with Crippen LogP contribution in [0.15, 0.2) is 42.5 Å². The Morgan fingerprint density at radius 1 is 1.00 bits per heavy atom. The molecule has 19 heavy (non-hydrogen) atoms. The van der Waals surface area contributed by atoms with E-state index in [0.717, 1.165) is 5.56 Å². The topological polar surface area (TPSA) is 29.1 Å². The second-order valence-electron chi connectivity index (χ2n) is 3.91. The van der Waals surface area contributed by atoms with Crippen LogP contribution in [0.2, 0.25) is 10.0 Å². The van der Waals surface area contributed by atoms with Gasteiger partial charge in [-0.25, -0.2) is 0 Å². The van der Waals surface area contributed by atoms with Gasteiger partial charge in [0.1, 0.15) is 0 Å². The Hall–Kier alpha value is -1.22. The lowest BCUT2D eigenvalue weighted by Crippen LogP contribution is -2.11. The minimum absolute atomic E-state index is 0.239. The van der Waals surface area contributed by atoms with Gasteiger partial charge >= 0.3 is 0 Å². The van der Waals surface area contributed by atoms with E-state index >= 15 is 0 Å². The van der Waals surface area contributed by atoms with E-state index in [-0.39, 0.29) is 5.91 Å². The van der Waals surface area contributed by atoms with Crippen molar-refractivity contribution in [3.05, 3.63) is 63.6 Å². The predicted molar refractivity (Wildman–Crippen MR) is 80.4 cm³/mol. The van der Waals surface area contributed by atoms with E-state index in [1.54, 1.807) is 24.3 Å². The molecule has 0 radical (unpaired) electrons. The molecule has 2 nitrogen and oxygen atoms in total.